The number of nitrogens with zero attached hydrogens (tertiary/aromatic N) is 2. The van der Waals surface area contributed by atoms with Gasteiger partial charge < -0.3 is 14.4 Å². The maximum absolute atomic E-state index is 10.4. The van der Waals surface area contributed by atoms with E-state index >= 15 is 0 Å². The number of halogens is 2. The van der Waals surface area contributed by atoms with E-state index in [2.05, 4.69) is 23.4 Å². The zero-order chi connectivity index (χ0) is 17.1. The first-order valence-corrected chi connectivity index (χ1v) is 8.44. The monoisotopic (exact) mass is 380 g/mol. The van der Waals surface area contributed by atoms with Gasteiger partial charge >= 0.3 is 0 Å². The highest BCUT2D eigenvalue weighted by Gasteiger charge is 2.16. The first kappa shape index (κ1) is 19.6. The highest BCUT2D eigenvalue weighted by Crippen LogP contribution is 2.22. The predicted molar refractivity (Wildman–Crippen MR) is 104 cm³/mol. The normalized spacial score (nSPS) is 12.2. The molecule has 4 nitrogen and oxygen atoms in total. The average molecular weight is 381 g/mol. The van der Waals surface area contributed by atoms with Crippen LogP contribution in [0.5, 0.6) is 5.75 Å². The van der Waals surface area contributed by atoms with Gasteiger partial charge in [0.05, 0.1) is 17.6 Å². The molecule has 134 valence electrons. The minimum Gasteiger partial charge on any atom is -0.491 e. The molecule has 1 atom stereocenters. The van der Waals surface area contributed by atoms with E-state index in [1.54, 1.807) is 24.3 Å². The summed E-state index contributed by atoms with van der Waals surface area (Å²) in [7, 11) is 0. The van der Waals surface area contributed by atoms with E-state index in [9.17, 15) is 5.11 Å². The fourth-order valence-electron chi connectivity index (χ4n) is 2.71. The summed E-state index contributed by atoms with van der Waals surface area (Å²) >= 11 is 5.86. The van der Waals surface area contributed by atoms with Crippen LogP contribution in [0.15, 0.2) is 48.5 Å². The van der Waals surface area contributed by atoms with Gasteiger partial charge in [-0.15, -0.1) is 12.4 Å². The van der Waals surface area contributed by atoms with Crippen LogP contribution in [0.2, 0.25) is 5.02 Å². The third kappa shape index (κ3) is 4.66. The quantitative estimate of drug-likeness (QED) is 0.675. The van der Waals surface area contributed by atoms with Crippen molar-refractivity contribution in [2.45, 2.75) is 32.4 Å². The second-order valence-electron chi connectivity index (χ2n) is 6.14. The van der Waals surface area contributed by atoms with E-state index in [-0.39, 0.29) is 24.9 Å². The Labute approximate surface area is 158 Å². The molecule has 0 fully saturated rings. The van der Waals surface area contributed by atoms with Crippen LogP contribution in [0, 0.1) is 0 Å². The number of hydrogen-bond acceptors (Lipinski definition) is 3. The first-order chi connectivity index (χ1) is 11.5. The molecule has 0 saturated heterocycles. The van der Waals surface area contributed by atoms with Crippen LogP contribution in [0.1, 0.15) is 25.6 Å². The van der Waals surface area contributed by atoms with Crippen LogP contribution >= 0.6 is 24.0 Å². The lowest BCUT2D eigenvalue weighted by molar-refractivity contribution is 0.0925. The van der Waals surface area contributed by atoms with Crippen LogP contribution in [0.3, 0.4) is 0 Å². The fourth-order valence-corrected chi connectivity index (χ4v) is 2.84. The van der Waals surface area contributed by atoms with Gasteiger partial charge in [0.25, 0.3) is 0 Å². The van der Waals surface area contributed by atoms with Gasteiger partial charge in [0, 0.05) is 10.9 Å². The molecular weight excluding hydrogens is 359 g/mol. The van der Waals surface area contributed by atoms with Crippen LogP contribution in [0.25, 0.3) is 11.0 Å². The van der Waals surface area contributed by atoms with Crippen molar-refractivity contribution >= 4 is 35.0 Å². The second-order valence-corrected chi connectivity index (χ2v) is 6.58. The highest BCUT2D eigenvalue weighted by atomic mass is 35.5. The number of imidazole rings is 1. The lowest BCUT2D eigenvalue weighted by Gasteiger charge is -2.17. The van der Waals surface area contributed by atoms with Gasteiger partial charge in [-0.2, -0.15) is 0 Å². The maximum Gasteiger partial charge on any atom is 0.119 e. The molecule has 1 N–H and O–H groups in total. The SMILES string of the molecule is CC(C)c1nc2ccccc2n1CC(O)COc1ccc(Cl)cc1.Cl. The summed E-state index contributed by atoms with van der Waals surface area (Å²) < 4.78 is 7.72. The van der Waals surface area contributed by atoms with E-state index in [0.29, 0.717) is 17.3 Å². The van der Waals surface area contributed by atoms with Crippen LogP contribution in [0.4, 0.5) is 0 Å². The Morgan fingerprint density at radius 1 is 1.12 bits per heavy atom. The summed E-state index contributed by atoms with van der Waals surface area (Å²) in [5, 5.41) is 11.1. The third-order valence-corrected chi connectivity index (χ3v) is 4.10. The highest BCUT2D eigenvalue weighted by molar-refractivity contribution is 6.30. The standard InChI is InChI=1S/C19H21ClN2O2.ClH/c1-13(2)19-21-17-5-3-4-6-18(17)22(19)11-15(23)12-24-16-9-7-14(20)8-10-16;/h3-10,13,15,23H,11-12H2,1-2H3;1H. The van der Waals surface area contributed by atoms with E-state index < -0.39 is 6.10 Å². The predicted octanol–water partition coefficient (Wildman–Crippen LogP) is 4.67. The van der Waals surface area contributed by atoms with Crippen molar-refractivity contribution < 1.29 is 9.84 Å². The van der Waals surface area contributed by atoms with Gasteiger partial charge in [0.1, 0.15) is 24.3 Å². The molecule has 0 aliphatic heterocycles. The van der Waals surface area contributed by atoms with Gasteiger partial charge in [-0.1, -0.05) is 37.6 Å². The molecule has 3 rings (SSSR count). The number of rotatable bonds is 6. The van der Waals surface area contributed by atoms with Crippen molar-refractivity contribution in [1.29, 1.82) is 0 Å². The summed E-state index contributed by atoms with van der Waals surface area (Å²) in [6, 6.07) is 15.1. The number of aliphatic hydroxyl groups is 1. The van der Waals surface area contributed by atoms with Crippen molar-refractivity contribution in [3.63, 3.8) is 0 Å². The molecule has 1 heterocycles. The minimum atomic E-state index is -0.629. The number of aromatic nitrogens is 2. The third-order valence-electron chi connectivity index (χ3n) is 3.85. The van der Waals surface area contributed by atoms with E-state index in [1.165, 1.54) is 0 Å². The van der Waals surface area contributed by atoms with Crippen molar-refractivity contribution in [3.8, 4) is 5.75 Å². The summed E-state index contributed by atoms with van der Waals surface area (Å²) in [6.45, 7) is 4.87. The molecule has 0 saturated carbocycles. The van der Waals surface area contributed by atoms with Crippen LogP contribution in [-0.4, -0.2) is 27.4 Å². The molecule has 0 spiro atoms. The van der Waals surface area contributed by atoms with Gasteiger partial charge in [0.15, 0.2) is 0 Å². The van der Waals surface area contributed by atoms with Gasteiger partial charge in [-0.25, -0.2) is 4.98 Å². The van der Waals surface area contributed by atoms with Crippen LogP contribution < -0.4 is 4.74 Å². The zero-order valence-electron chi connectivity index (χ0n) is 14.2. The number of para-hydroxylation sites is 2. The topological polar surface area (TPSA) is 47.3 Å². The van der Waals surface area contributed by atoms with E-state index in [0.717, 1.165) is 16.9 Å². The Morgan fingerprint density at radius 2 is 1.80 bits per heavy atom. The number of ether oxygens (including phenoxy) is 1. The second kappa shape index (κ2) is 8.56. The van der Waals surface area contributed by atoms with Crippen molar-refractivity contribution in [3.05, 3.63) is 59.4 Å². The van der Waals surface area contributed by atoms with E-state index in [4.69, 9.17) is 16.3 Å². The molecule has 6 heteroatoms. The fraction of sp³-hybridized carbons (Fsp3) is 0.316. The largest absolute Gasteiger partial charge is 0.491 e. The molecule has 3 aromatic rings. The summed E-state index contributed by atoms with van der Waals surface area (Å²) in [5.74, 6) is 1.95. The number of hydrogen-bond donors (Lipinski definition) is 1. The number of fused-ring (bicyclic) bond motifs is 1. The summed E-state index contributed by atoms with van der Waals surface area (Å²) in [4.78, 5) is 4.69. The molecule has 0 aliphatic rings. The van der Waals surface area contributed by atoms with Gasteiger partial charge in [-0.3, -0.25) is 0 Å². The Bertz CT molecular complexity index is 816. The number of aliphatic hydroxyl groups excluding tert-OH is 1. The Hall–Kier alpha value is -1.75. The van der Waals surface area contributed by atoms with Gasteiger partial charge in [-0.05, 0) is 36.4 Å². The summed E-state index contributed by atoms with van der Waals surface area (Å²) in [5.41, 5.74) is 1.98. The smallest absolute Gasteiger partial charge is 0.119 e. The molecule has 1 aromatic heterocycles. The van der Waals surface area contributed by atoms with Crippen molar-refractivity contribution in [1.82, 2.24) is 9.55 Å². The van der Waals surface area contributed by atoms with Crippen molar-refractivity contribution in [2.75, 3.05) is 6.61 Å². The van der Waals surface area contributed by atoms with Gasteiger partial charge in [0.2, 0.25) is 0 Å². The molecule has 0 bridgehead atoms. The molecule has 0 amide bonds. The van der Waals surface area contributed by atoms with Crippen molar-refractivity contribution in [2.24, 2.45) is 0 Å². The number of benzene rings is 2. The lowest BCUT2D eigenvalue weighted by atomic mass is 10.2. The molecule has 0 radical (unpaired) electrons. The zero-order valence-corrected chi connectivity index (χ0v) is 15.8. The molecule has 1 unspecified atom stereocenters. The first-order valence-electron chi connectivity index (χ1n) is 8.06. The molecular formula is C19H22Cl2N2O2. The molecule has 25 heavy (non-hydrogen) atoms. The molecule has 2 aromatic carbocycles. The lowest BCUT2D eigenvalue weighted by Crippen LogP contribution is -2.24. The summed E-state index contributed by atoms with van der Waals surface area (Å²) in [6.07, 6.45) is -0.629. The Balaban J connectivity index is 0.00000225. The van der Waals surface area contributed by atoms with Crippen LogP contribution in [-0.2, 0) is 6.54 Å². The average Bonchev–Trinajstić information content (AvgIpc) is 2.93. The Kier molecular flexibility index (Phi) is 6.71. The maximum atomic E-state index is 10.4. The minimum absolute atomic E-state index is 0. The Morgan fingerprint density at radius 3 is 2.48 bits per heavy atom. The molecule has 0 aliphatic carbocycles. The van der Waals surface area contributed by atoms with E-state index in [1.807, 2.05) is 24.3 Å².